The molecule has 0 aromatic rings. The SMILES string of the molecule is C=CCN(CCC(=O)NC(C)C)CC(=O)OCC. The number of esters is 1. The molecule has 0 spiro atoms. The van der Waals surface area contributed by atoms with Gasteiger partial charge in [0.2, 0.25) is 5.91 Å². The molecule has 0 bridgehead atoms. The van der Waals surface area contributed by atoms with E-state index in [1.54, 1.807) is 13.0 Å². The van der Waals surface area contributed by atoms with E-state index in [0.717, 1.165) is 0 Å². The molecule has 0 aliphatic rings. The first kappa shape index (κ1) is 16.6. The molecule has 5 heteroatoms. The predicted molar refractivity (Wildman–Crippen MR) is 71.2 cm³/mol. The largest absolute Gasteiger partial charge is 0.465 e. The summed E-state index contributed by atoms with van der Waals surface area (Å²) in [6, 6.07) is 0.135. The highest BCUT2D eigenvalue weighted by Crippen LogP contribution is 1.95. The van der Waals surface area contributed by atoms with Crippen molar-refractivity contribution in [2.45, 2.75) is 33.2 Å². The van der Waals surface area contributed by atoms with Crippen molar-refractivity contribution in [1.82, 2.24) is 10.2 Å². The Bertz CT molecular complexity index is 277. The van der Waals surface area contributed by atoms with Crippen molar-refractivity contribution in [1.29, 1.82) is 0 Å². The normalized spacial score (nSPS) is 10.5. The number of ether oxygens (including phenoxy) is 1. The van der Waals surface area contributed by atoms with Crippen LogP contribution in [-0.4, -0.2) is 49.1 Å². The fourth-order valence-corrected chi connectivity index (χ4v) is 1.46. The average molecular weight is 256 g/mol. The Balaban J connectivity index is 4.06. The third-order valence-corrected chi connectivity index (χ3v) is 2.15. The maximum Gasteiger partial charge on any atom is 0.320 e. The number of nitrogens with zero attached hydrogens (tertiary/aromatic N) is 1. The van der Waals surface area contributed by atoms with Crippen molar-refractivity contribution in [2.75, 3.05) is 26.2 Å². The van der Waals surface area contributed by atoms with Gasteiger partial charge in [-0.05, 0) is 20.8 Å². The summed E-state index contributed by atoms with van der Waals surface area (Å²) in [7, 11) is 0. The van der Waals surface area contributed by atoms with Gasteiger partial charge in [-0.25, -0.2) is 0 Å². The summed E-state index contributed by atoms with van der Waals surface area (Å²) in [5, 5.41) is 2.81. The predicted octanol–water partition coefficient (Wildman–Crippen LogP) is 0.952. The summed E-state index contributed by atoms with van der Waals surface area (Å²) in [4.78, 5) is 24.7. The third kappa shape index (κ3) is 8.75. The zero-order valence-corrected chi connectivity index (χ0v) is 11.6. The fraction of sp³-hybridized carbons (Fsp3) is 0.692. The van der Waals surface area contributed by atoms with Gasteiger partial charge in [0.05, 0.1) is 13.2 Å². The van der Waals surface area contributed by atoms with Crippen molar-refractivity contribution in [3.63, 3.8) is 0 Å². The lowest BCUT2D eigenvalue weighted by atomic mass is 10.3. The molecular formula is C13H24N2O3. The Morgan fingerprint density at radius 2 is 2.11 bits per heavy atom. The molecule has 0 unspecified atom stereocenters. The molecule has 0 aromatic heterocycles. The van der Waals surface area contributed by atoms with Gasteiger partial charge < -0.3 is 10.1 Å². The summed E-state index contributed by atoms with van der Waals surface area (Å²) in [6.07, 6.45) is 2.07. The molecule has 0 saturated carbocycles. The molecule has 0 rings (SSSR count). The Hall–Kier alpha value is -1.36. The number of hydrogen-bond acceptors (Lipinski definition) is 4. The summed E-state index contributed by atoms with van der Waals surface area (Å²) in [5.41, 5.74) is 0. The van der Waals surface area contributed by atoms with Gasteiger partial charge in [0.15, 0.2) is 0 Å². The van der Waals surface area contributed by atoms with Crippen LogP contribution in [0.5, 0.6) is 0 Å². The number of hydrogen-bond donors (Lipinski definition) is 1. The molecular weight excluding hydrogens is 232 g/mol. The second-order valence-electron chi connectivity index (χ2n) is 4.30. The van der Waals surface area contributed by atoms with Gasteiger partial charge in [-0.15, -0.1) is 6.58 Å². The Morgan fingerprint density at radius 1 is 1.44 bits per heavy atom. The number of rotatable bonds is 9. The van der Waals surface area contributed by atoms with Gasteiger partial charge in [-0.3, -0.25) is 14.5 Å². The highest BCUT2D eigenvalue weighted by atomic mass is 16.5. The highest BCUT2D eigenvalue weighted by Gasteiger charge is 2.12. The minimum absolute atomic E-state index is 0.0112. The zero-order valence-electron chi connectivity index (χ0n) is 11.6. The van der Waals surface area contributed by atoms with Crippen LogP contribution < -0.4 is 5.32 Å². The second kappa shape index (κ2) is 9.65. The van der Waals surface area contributed by atoms with E-state index in [0.29, 0.717) is 26.1 Å². The van der Waals surface area contributed by atoms with Crippen LogP contribution in [0.1, 0.15) is 27.2 Å². The molecule has 5 nitrogen and oxygen atoms in total. The van der Waals surface area contributed by atoms with E-state index in [1.165, 1.54) is 0 Å². The first-order valence-corrected chi connectivity index (χ1v) is 6.27. The molecule has 1 N–H and O–H groups in total. The fourth-order valence-electron chi connectivity index (χ4n) is 1.46. The first-order valence-electron chi connectivity index (χ1n) is 6.27. The number of amides is 1. The quantitative estimate of drug-likeness (QED) is 0.493. The molecule has 0 fully saturated rings. The maximum atomic E-state index is 11.5. The van der Waals surface area contributed by atoms with Crippen molar-refractivity contribution in [3.8, 4) is 0 Å². The van der Waals surface area contributed by atoms with E-state index < -0.39 is 0 Å². The van der Waals surface area contributed by atoms with E-state index in [9.17, 15) is 9.59 Å². The van der Waals surface area contributed by atoms with E-state index in [2.05, 4.69) is 11.9 Å². The minimum Gasteiger partial charge on any atom is -0.465 e. The molecule has 0 aliphatic heterocycles. The zero-order chi connectivity index (χ0) is 14.0. The summed E-state index contributed by atoms with van der Waals surface area (Å²) < 4.78 is 4.87. The van der Waals surface area contributed by atoms with Crippen LogP contribution in [0.2, 0.25) is 0 Å². The smallest absolute Gasteiger partial charge is 0.320 e. The van der Waals surface area contributed by atoms with E-state index >= 15 is 0 Å². The molecule has 18 heavy (non-hydrogen) atoms. The van der Waals surface area contributed by atoms with Crippen LogP contribution in [-0.2, 0) is 14.3 Å². The number of carbonyl (C=O) groups excluding carboxylic acids is 2. The molecule has 0 aromatic carbocycles. The third-order valence-electron chi connectivity index (χ3n) is 2.15. The number of nitrogens with one attached hydrogen (secondary N) is 1. The van der Waals surface area contributed by atoms with Gasteiger partial charge in [0.25, 0.3) is 0 Å². The van der Waals surface area contributed by atoms with E-state index in [4.69, 9.17) is 4.74 Å². The van der Waals surface area contributed by atoms with E-state index in [1.807, 2.05) is 18.7 Å². The van der Waals surface area contributed by atoms with Gasteiger partial charge in [0.1, 0.15) is 0 Å². The lowest BCUT2D eigenvalue weighted by Gasteiger charge is -2.19. The van der Waals surface area contributed by atoms with Crippen molar-refractivity contribution < 1.29 is 14.3 Å². The summed E-state index contributed by atoms with van der Waals surface area (Å²) in [6.45, 7) is 10.9. The number of carbonyl (C=O) groups is 2. The average Bonchev–Trinajstić information content (AvgIpc) is 2.25. The van der Waals surface area contributed by atoms with Crippen LogP contribution in [0.25, 0.3) is 0 Å². The van der Waals surface area contributed by atoms with Crippen molar-refractivity contribution in [3.05, 3.63) is 12.7 Å². The lowest BCUT2D eigenvalue weighted by Crippen LogP contribution is -2.36. The van der Waals surface area contributed by atoms with Crippen molar-refractivity contribution in [2.24, 2.45) is 0 Å². The molecule has 0 radical (unpaired) electrons. The molecule has 1 amide bonds. The molecule has 0 atom stereocenters. The molecule has 104 valence electrons. The van der Waals surface area contributed by atoms with Gasteiger partial charge in [-0.1, -0.05) is 6.08 Å². The molecule has 0 aliphatic carbocycles. The van der Waals surface area contributed by atoms with Gasteiger partial charge >= 0.3 is 5.97 Å². The van der Waals surface area contributed by atoms with Crippen LogP contribution in [0.15, 0.2) is 12.7 Å². The molecule has 0 heterocycles. The topological polar surface area (TPSA) is 58.6 Å². The van der Waals surface area contributed by atoms with Crippen LogP contribution in [0.4, 0.5) is 0 Å². The Morgan fingerprint density at radius 3 is 2.61 bits per heavy atom. The Labute approximate surface area is 109 Å². The van der Waals surface area contributed by atoms with E-state index in [-0.39, 0.29) is 24.5 Å². The van der Waals surface area contributed by atoms with Crippen molar-refractivity contribution >= 4 is 11.9 Å². The molecule has 0 saturated heterocycles. The van der Waals surface area contributed by atoms with Gasteiger partial charge in [-0.2, -0.15) is 0 Å². The van der Waals surface area contributed by atoms with Crippen LogP contribution in [0.3, 0.4) is 0 Å². The van der Waals surface area contributed by atoms with Gasteiger partial charge in [0, 0.05) is 25.6 Å². The maximum absolute atomic E-state index is 11.5. The summed E-state index contributed by atoms with van der Waals surface area (Å²) >= 11 is 0. The minimum atomic E-state index is -0.274. The highest BCUT2D eigenvalue weighted by molar-refractivity contribution is 5.76. The lowest BCUT2D eigenvalue weighted by molar-refractivity contribution is -0.144. The van der Waals surface area contributed by atoms with Crippen LogP contribution in [0, 0.1) is 0 Å². The monoisotopic (exact) mass is 256 g/mol. The first-order chi connectivity index (χ1) is 8.49. The Kier molecular flexibility index (Phi) is 8.92. The summed E-state index contributed by atoms with van der Waals surface area (Å²) in [5.74, 6) is -0.286. The second-order valence-corrected chi connectivity index (χ2v) is 4.30. The standard InChI is InChI=1S/C13H24N2O3/c1-5-8-15(10-13(17)18-6-2)9-7-12(16)14-11(3)4/h5,11H,1,6-10H2,2-4H3,(H,14,16). The van der Waals surface area contributed by atoms with Crippen LogP contribution >= 0.6 is 0 Å².